The van der Waals surface area contributed by atoms with Crippen molar-refractivity contribution in [2.45, 2.75) is 162 Å². The average Bonchev–Trinajstić information content (AvgIpc) is 2.98. The number of rotatable bonds is 4. The zero-order valence-electron chi connectivity index (χ0n) is 27.1. The van der Waals surface area contributed by atoms with Crippen LogP contribution >= 0.6 is 0 Å². The third-order valence-electron chi connectivity index (χ3n) is 12.8. The van der Waals surface area contributed by atoms with Crippen molar-refractivity contribution in [1.82, 2.24) is 0 Å². The SMILES string of the molecule is CC1CCC(C(=O)OC2(C#CC#CC3(C)CCC(C4CCC(C)CC4)CC3)CCC(C3CCC(C)CC3)CC2)CC1. The Hall–Kier alpha value is -1.41. The number of hydrogen-bond acceptors (Lipinski definition) is 2. The first-order chi connectivity index (χ1) is 19.7. The van der Waals surface area contributed by atoms with E-state index in [0.29, 0.717) is 0 Å². The first kappa shape index (κ1) is 31.0. The summed E-state index contributed by atoms with van der Waals surface area (Å²) in [5.74, 6) is 19.8. The van der Waals surface area contributed by atoms with Gasteiger partial charge >= 0.3 is 5.97 Å². The Morgan fingerprint density at radius 3 is 1.41 bits per heavy atom. The highest BCUT2D eigenvalue weighted by atomic mass is 16.6. The van der Waals surface area contributed by atoms with E-state index in [9.17, 15) is 4.79 Å². The molecule has 0 N–H and O–H groups in total. The zero-order valence-corrected chi connectivity index (χ0v) is 27.1. The van der Waals surface area contributed by atoms with Crippen LogP contribution in [0.5, 0.6) is 0 Å². The van der Waals surface area contributed by atoms with Gasteiger partial charge in [0.25, 0.3) is 0 Å². The van der Waals surface area contributed by atoms with Gasteiger partial charge in [-0.25, -0.2) is 0 Å². The van der Waals surface area contributed by atoms with E-state index in [1.165, 1.54) is 77.0 Å². The van der Waals surface area contributed by atoms with Gasteiger partial charge in [0.2, 0.25) is 0 Å². The molecule has 2 heteroatoms. The third kappa shape index (κ3) is 8.36. The summed E-state index contributed by atoms with van der Waals surface area (Å²) < 4.78 is 6.43. The topological polar surface area (TPSA) is 26.3 Å². The molecule has 0 aromatic carbocycles. The molecule has 41 heavy (non-hydrogen) atoms. The minimum atomic E-state index is -0.621. The molecule has 0 atom stereocenters. The van der Waals surface area contributed by atoms with Crippen LogP contribution in [-0.2, 0) is 9.53 Å². The Kier molecular flexibility index (Phi) is 10.5. The molecule has 5 fully saturated rings. The van der Waals surface area contributed by atoms with Gasteiger partial charge in [0.15, 0.2) is 5.60 Å². The Bertz CT molecular complexity index is 962. The van der Waals surface area contributed by atoms with Crippen LogP contribution in [0.25, 0.3) is 0 Å². The van der Waals surface area contributed by atoms with Crippen molar-refractivity contribution in [3.63, 3.8) is 0 Å². The number of ether oxygens (including phenoxy) is 1. The molecule has 0 aromatic heterocycles. The zero-order chi connectivity index (χ0) is 28.9. The maximum atomic E-state index is 13.4. The average molecular weight is 561 g/mol. The lowest BCUT2D eigenvalue weighted by Crippen LogP contribution is -2.41. The normalized spacial score (nSPS) is 43.5. The van der Waals surface area contributed by atoms with Crippen LogP contribution in [-0.4, -0.2) is 11.6 Å². The van der Waals surface area contributed by atoms with E-state index in [-0.39, 0.29) is 17.3 Å². The van der Waals surface area contributed by atoms with Gasteiger partial charge in [-0.2, -0.15) is 0 Å². The molecule has 0 heterocycles. The lowest BCUT2D eigenvalue weighted by molar-refractivity contribution is -0.164. The standard InChI is InChI=1S/C39H60O2/c1-29-7-13-32(14-8-29)34-19-25-38(4,26-20-34)23-5-6-24-39(41-37(40)36-17-11-31(3)12-18-36)27-21-35(22-28-39)33-15-9-30(2)10-16-33/h29-36H,7-22,25-28H2,1-4H3. The van der Waals surface area contributed by atoms with Crippen molar-refractivity contribution in [3.8, 4) is 23.7 Å². The molecule has 0 amide bonds. The van der Waals surface area contributed by atoms with E-state index in [1.807, 2.05) is 0 Å². The van der Waals surface area contributed by atoms with Crippen LogP contribution < -0.4 is 0 Å². The summed E-state index contributed by atoms with van der Waals surface area (Å²) in [4.78, 5) is 13.4. The van der Waals surface area contributed by atoms with Crippen molar-refractivity contribution >= 4 is 5.97 Å². The molecule has 5 rings (SSSR count). The Morgan fingerprint density at radius 1 is 0.537 bits per heavy atom. The Morgan fingerprint density at radius 2 is 0.927 bits per heavy atom. The first-order valence-electron chi connectivity index (χ1n) is 18.0. The molecule has 5 aliphatic carbocycles. The number of carbonyl (C=O) groups is 1. The van der Waals surface area contributed by atoms with Crippen molar-refractivity contribution in [1.29, 1.82) is 0 Å². The molecule has 228 valence electrons. The Balaban J connectivity index is 1.21. The minimum absolute atomic E-state index is 0.0199. The van der Waals surface area contributed by atoms with E-state index >= 15 is 0 Å². The lowest BCUT2D eigenvalue weighted by Gasteiger charge is -2.41. The van der Waals surface area contributed by atoms with Gasteiger partial charge in [-0.1, -0.05) is 52.4 Å². The summed E-state index contributed by atoms with van der Waals surface area (Å²) in [5.41, 5.74) is -0.532. The summed E-state index contributed by atoms with van der Waals surface area (Å²) in [6.45, 7) is 9.50. The van der Waals surface area contributed by atoms with Gasteiger partial charge in [0, 0.05) is 5.41 Å². The Labute approximate surface area is 253 Å². The van der Waals surface area contributed by atoms with Gasteiger partial charge in [-0.15, -0.1) is 0 Å². The van der Waals surface area contributed by atoms with Crippen molar-refractivity contribution < 1.29 is 9.53 Å². The highest BCUT2D eigenvalue weighted by Crippen LogP contribution is 2.46. The molecule has 5 saturated carbocycles. The van der Waals surface area contributed by atoms with E-state index in [0.717, 1.165) is 92.8 Å². The van der Waals surface area contributed by atoms with E-state index in [2.05, 4.69) is 51.4 Å². The number of carbonyl (C=O) groups excluding carboxylic acids is 1. The number of esters is 1. The maximum Gasteiger partial charge on any atom is 0.310 e. The lowest BCUT2D eigenvalue weighted by atomic mass is 9.65. The summed E-state index contributed by atoms with van der Waals surface area (Å²) in [5, 5.41) is 0. The summed E-state index contributed by atoms with van der Waals surface area (Å²) in [6, 6.07) is 0. The molecule has 0 spiro atoms. The molecule has 0 unspecified atom stereocenters. The molecule has 0 bridgehead atoms. The van der Waals surface area contributed by atoms with E-state index in [1.54, 1.807) is 0 Å². The monoisotopic (exact) mass is 560 g/mol. The van der Waals surface area contributed by atoms with Gasteiger partial charge in [-0.05, 0) is 169 Å². The molecular formula is C39H60O2. The van der Waals surface area contributed by atoms with Crippen LogP contribution in [0.1, 0.15) is 156 Å². The van der Waals surface area contributed by atoms with Crippen molar-refractivity contribution in [3.05, 3.63) is 0 Å². The molecule has 0 aromatic rings. The highest BCUT2D eigenvalue weighted by molar-refractivity contribution is 5.73. The fourth-order valence-electron chi connectivity index (χ4n) is 9.32. The molecular weight excluding hydrogens is 500 g/mol. The van der Waals surface area contributed by atoms with Crippen LogP contribution in [0.3, 0.4) is 0 Å². The van der Waals surface area contributed by atoms with Crippen molar-refractivity contribution in [2.24, 2.45) is 52.8 Å². The molecule has 0 saturated heterocycles. The predicted octanol–water partition coefficient (Wildman–Crippen LogP) is 10.1. The summed E-state index contributed by atoms with van der Waals surface area (Å²) in [6.07, 6.45) is 24.7. The second-order valence-electron chi connectivity index (χ2n) is 16.1. The summed E-state index contributed by atoms with van der Waals surface area (Å²) >= 11 is 0. The highest BCUT2D eigenvalue weighted by Gasteiger charge is 2.42. The molecule has 0 aliphatic heterocycles. The van der Waals surface area contributed by atoms with Crippen LogP contribution in [0.15, 0.2) is 0 Å². The molecule has 2 nitrogen and oxygen atoms in total. The molecule has 5 aliphatic rings. The predicted molar refractivity (Wildman–Crippen MR) is 170 cm³/mol. The maximum absolute atomic E-state index is 13.4. The van der Waals surface area contributed by atoms with Gasteiger partial charge in [0.05, 0.1) is 5.92 Å². The third-order valence-corrected chi connectivity index (χ3v) is 12.8. The molecule has 0 radical (unpaired) electrons. The summed E-state index contributed by atoms with van der Waals surface area (Å²) in [7, 11) is 0. The van der Waals surface area contributed by atoms with Crippen molar-refractivity contribution in [2.75, 3.05) is 0 Å². The second-order valence-corrected chi connectivity index (χ2v) is 16.1. The fourth-order valence-corrected chi connectivity index (χ4v) is 9.32. The fraction of sp³-hybridized carbons (Fsp3) is 0.872. The largest absolute Gasteiger partial charge is 0.446 e. The van der Waals surface area contributed by atoms with E-state index in [4.69, 9.17) is 4.74 Å². The first-order valence-corrected chi connectivity index (χ1v) is 18.0. The van der Waals surface area contributed by atoms with Gasteiger partial charge < -0.3 is 4.74 Å². The van der Waals surface area contributed by atoms with Gasteiger partial charge in [-0.3, -0.25) is 4.79 Å². The second kappa shape index (κ2) is 13.9. The quantitative estimate of drug-likeness (QED) is 0.252. The van der Waals surface area contributed by atoms with Crippen LogP contribution in [0.2, 0.25) is 0 Å². The minimum Gasteiger partial charge on any atom is -0.446 e. The van der Waals surface area contributed by atoms with Gasteiger partial charge in [0.1, 0.15) is 0 Å². The smallest absolute Gasteiger partial charge is 0.310 e. The van der Waals surface area contributed by atoms with E-state index < -0.39 is 5.60 Å². The van der Waals surface area contributed by atoms with Crippen LogP contribution in [0.4, 0.5) is 0 Å². The number of hydrogen-bond donors (Lipinski definition) is 0. The van der Waals surface area contributed by atoms with Crippen LogP contribution in [0, 0.1) is 76.4 Å².